The molecule has 0 fully saturated rings. The first-order valence-electron chi connectivity index (χ1n) is 5.86. The molecule has 0 radical (unpaired) electrons. The molecule has 96 valence electrons. The summed E-state index contributed by atoms with van der Waals surface area (Å²) in [6.07, 6.45) is 3.04. The highest BCUT2D eigenvalue weighted by Crippen LogP contribution is 2.25. The van der Waals surface area contributed by atoms with E-state index in [0.29, 0.717) is 12.2 Å². The molecule has 1 N–H and O–H groups in total. The van der Waals surface area contributed by atoms with E-state index >= 15 is 0 Å². The van der Waals surface area contributed by atoms with Gasteiger partial charge in [-0.15, -0.1) is 11.3 Å². The van der Waals surface area contributed by atoms with Crippen LogP contribution >= 0.6 is 11.3 Å². The first-order chi connectivity index (χ1) is 8.47. The van der Waals surface area contributed by atoms with Crippen LogP contribution in [0.4, 0.5) is 0 Å². The monoisotopic (exact) mass is 263 g/mol. The minimum Gasteiger partial charge on any atom is -0.385 e. The van der Waals surface area contributed by atoms with Crippen molar-refractivity contribution >= 4 is 11.3 Å². The summed E-state index contributed by atoms with van der Waals surface area (Å²) in [6.45, 7) is 6.38. The molecular formula is C13H17N3OS. The average molecular weight is 263 g/mol. The molecule has 4 nitrogen and oxygen atoms in total. The van der Waals surface area contributed by atoms with Crippen LogP contribution in [0.15, 0.2) is 23.8 Å². The highest BCUT2D eigenvalue weighted by Gasteiger charge is 2.19. The van der Waals surface area contributed by atoms with Gasteiger partial charge in [0.15, 0.2) is 5.82 Å². The van der Waals surface area contributed by atoms with Gasteiger partial charge >= 0.3 is 0 Å². The molecule has 1 atom stereocenters. The Kier molecular flexibility index (Phi) is 3.73. The molecule has 1 unspecified atom stereocenters. The summed E-state index contributed by atoms with van der Waals surface area (Å²) in [6, 6.07) is 1.73. The van der Waals surface area contributed by atoms with Gasteiger partial charge in [0.05, 0.1) is 10.7 Å². The van der Waals surface area contributed by atoms with Crippen LogP contribution in [-0.4, -0.2) is 20.1 Å². The molecule has 18 heavy (non-hydrogen) atoms. The lowest BCUT2D eigenvalue weighted by atomic mass is 9.93. The molecule has 0 aliphatic carbocycles. The third-order valence-corrected chi connectivity index (χ3v) is 3.44. The van der Waals surface area contributed by atoms with Gasteiger partial charge in [0.2, 0.25) is 0 Å². The topological polar surface area (TPSA) is 58.9 Å². The molecule has 2 aromatic rings. The van der Waals surface area contributed by atoms with Crippen molar-refractivity contribution in [2.24, 2.45) is 0 Å². The lowest BCUT2D eigenvalue weighted by Gasteiger charge is -2.14. The fourth-order valence-electron chi connectivity index (χ4n) is 1.49. The van der Waals surface area contributed by atoms with Crippen LogP contribution in [0.2, 0.25) is 0 Å². The Morgan fingerprint density at radius 2 is 1.94 bits per heavy atom. The smallest absolute Gasteiger partial charge is 0.157 e. The predicted molar refractivity (Wildman–Crippen MR) is 71.5 cm³/mol. The zero-order chi connectivity index (χ0) is 13.2. The van der Waals surface area contributed by atoms with Crippen molar-refractivity contribution in [1.29, 1.82) is 0 Å². The maximum absolute atomic E-state index is 10.0. The summed E-state index contributed by atoms with van der Waals surface area (Å²) >= 11 is 1.57. The number of rotatable bonds is 3. The van der Waals surface area contributed by atoms with E-state index in [9.17, 15) is 5.11 Å². The van der Waals surface area contributed by atoms with Crippen molar-refractivity contribution in [3.8, 4) is 0 Å². The summed E-state index contributed by atoms with van der Waals surface area (Å²) in [4.78, 5) is 12.6. The van der Waals surface area contributed by atoms with Gasteiger partial charge in [-0.2, -0.15) is 0 Å². The van der Waals surface area contributed by atoms with Crippen LogP contribution in [0.3, 0.4) is 0 Å². The summed E-state index contributed by atoms with van der Waals surface area (Å²) in [5, 5.41) is 13.0. The zero-order valence-corrected chi connectivity index (χ0v) is 11.6. The second-order valence-electron chi connectivity index (χ2n) is 5.20. The maximum Gasteiger partial charge on any atom is 0.157 e. The van der Waals surface area contributed by atoms with Crippen molar-refractivity contribution in [2.45, 2.75) is 38.7 Å². The minimum absolute atomic E-state index is 0.0446. The molecule has 0 bridgehead atoms. The second-order valence-corrected chi connectivity index (χ2v) is 6.15. The SMILES string of the molecule is CC(C)(C)c1csc(CC(O)c2ncccn2)n1. The van der Waals surface area contributed by atoms with E-state index in [2.05, 4.69) is 35.7 Å². The van der Waals surface area contributed by atoms with Crippen molar-refractivity contribution in [3.05, 3.63) is 40.4 Å². The first kappa shape index (κ1) is 13.1. The van der Waals surface area contributed by atoms with Crippen LogP contribution in [0.5, 0.6) is 0 Å². The molecule has 0 aromatic carbocycles. The lowest BCUT2D eigenvalue weighted by Crippen LogP contribution is -2.12. The summed E-state index contributed by atoms with van der Waals surface area (Å²) < 4.78 is 0. The van der Waals surface area contributed by atoms with Crippen LogP contribution in [0.25, 0.3) is 0 Å². The summed E-state index contributed by atoms with van der Waals surface area (Å²) in [5.41, 5.74) is 1.10. The van der Waals surface area contributed by atoms with Crippen molar-refractivity contribution in [2.75, 3.05) is 0 Å². The second kappa shape index (κ2) is 5.12. The van der Waals surface area contributed by atoms with E-state index in [-0.39, 0.29) is 5.41 Å². The molecule has 5 heteroatoms. The van der Waals surface area contributed by atoms with Crippen molar-refractivity contribution < 1.29 is 5.11 Å². The molecule has 0 aliphatic rings. The Balaban J connectivity index is 2.08. The highest BCUT2D eigenvalue weighted by atomic mass is 32.1. The minimum atomic E-state index is -0.690. The molecule has 0 saturated carbocycles. The Bertz CT molecular complexity index is 504. The molecule has 2 heterocycles. The Morgan fingerprint density at radius 3 is 2.50 bits per heavy atom. The number of thiazole rings is 1. The number of aromatic nitrogens is 3. The number of hydrogen-bond donors (Lipinski definition) is 1. The normalized spacial score (nSPS) is 13.6. The van der Waals surface area contributed by atoms with Crippen LogP contribution in [0, 0.1) is 0 Å². The number of aliphatic hydroxyl groups excluding tert-OH is 1. The zero-order valence-electron chi connectivity index (χ0n) is 10.8. The first-order valence-corrected chi connectivity index (χ1v) is 6.74. The van der Waals surface area contributed by atoms with Gasteiger partial charge < -0.3 is 5.11 Å². The predicted octanol–water partition coefficient (Wildman–Crippen LogP) is 2.51. The largest absolute Gasteiger partial charge is 0.385 e. The average Bonchev–Trinajstić information content (AvgIpc) is 2.78. The van der Waals surface area contributed by atoms with Gasteiger partial charge in [-0.1, -0.05) is 20.8 Å². The van der Waals surface area contributed by atoms with E-state index in [0.717, 1.165) is 10.7 Å². The number of nitrogens with zero attached hydrogens (tertiary/aromatic N) is 3. The van der Waals surface area contributed by atoms with Gasteiger partial charge in [0.1, 0.15) is 6.10 Å². The van der Waals surface area contributed by atoms with E-state index in [1.165, 1.54) is 0 Å². The number of aliphatic hydroxyl groups is 1. The summed E-state index contributed by atoms with van der Waals surface area (Å²) in [7, 11) is 0. The third kappa shape index (κ3) is 3.11. The van der Waals surface area contributed by atoms with Gasteiger partial charge in [-0.25, -0.2) is 15.0 Å². The molecule has 0 saturated heterocycles. The Morgan fingerprint density at radius 1 is 1.28 bits per heavy atom. The molecule has 0 aliphatic heterocycles. The maximum atomic E-state index is 10.0. The number of hydrogen-bond acceptors (Lipinski definition) is 5. The van der Waals surface area contributed by atoms with E-state index < -0.39 is 6.10 Å². The van der Waals surface area contributed by atoms with E-state index in [1.54, 1.807) is 29.8 Å². The van der Waals surface area contributed by atoms with Gasteiger partial charge in [-0.3, -0.25) is 0 Å². The molecule has 0 amide bonds. The van der Waals surface area contributed by atoms with Crippen LogP contribution < -0.4 is 0 Å². The van der Waals surface area contributed by atoms with E-state index in [4.69, 9.17) is 0 Å². The molecule has 2 aromatic heterocycles. The van der Waals surface area contributed by atoms with Crippen molar-refractivity contribution in [3.63, 3.8) is 0 Å². The summed E-state index contributed by atoms with van der Waals surface area (Å²) in [5.74, 6) is 0.449. The fourth-order valence-corrected chi connectivity index (χ4v) is 2.55. The van der Waals surface area contributed by atoms with Gasteiger partial charge in [0.25, 0.3) is 0 Å². The lowest BCUT2D eigenvalue weighted by molar-refractivity contribution is 0.168. The van der Waals surface area contributed by atoms with E-state index in [1.807, 2.05) is 5.38 Å². The standard InChI is InChI=1S/C13H17N3OS/c1-13(2,3)10-8-18-11(16-10)7-9(17)12-14-5-4-6-15-12/h4-6,8-9,17H,7H2,1-3H3. The Labute approximate surface area is 111 Å². The molecule has 2 rings (SSSR count). The third-order valence-electron chi connectivity index (χ3n) is 2.57. The Hall–Kier alpha value is -1.33. The quantitative estimate of drug-likeness (QED) is 0.924. The fraction of sp³-hybridized carbons (Fsp3) is 0.462. The van der Waals surface area contributed by atoms with Gasteiger partial charge in [-0.05, 0) is 6.07 Å². The van der Waals surface area contributed by atoms with Crippen molar-refractivity contribution in [1.82, 2.24) is 15.0 Å². The molecular weight excluding hydrogens is 246 g/mol. The highest BCUT2D eigenvalue weighted by molar-refractivity contribution is 7.09. The van der Waals surface area contributed by atoms with Crippen LogP contribution in [-0.2, 0) is 11.8 Å². The van der Waals surface area contributed by atoms with Gasteiger partial charge in [0, 0.05) is 29.6 Å². The molecule has 0 spiro atoms. The van der Waals surface area contributed by atoms with Crippen LogP contribution in [0.1, 0.15) is 43.4 Å².